The van der Waals surface area contributed by atoms with Crippen molar-refractivity contribution >= 4 is 11.7 Å². The van der Waals surface area contributed by atoms with Crippen LogP contribution in [0.1, 0.15) is 52.4 Å². The lowest BCUT2D eigenvalue weighted by Gasteiger charge is -2.29. The van der Waals surface area contributed by atoms with E-state index in [2.05, 4.69) is 10.3 Å². The van der Waals surface area contributed by atoms with Gasteiger partial charge in [-0.05, 0) is 50.8 Å². The molecule has 28 heavy (non-hydrogen) atoms. The Morgan fingerprint density at radius 1 is 1.39 bits per heavy atom. The van der Waals surface area contributed by atoms with Gasteiger partial charge in [0.25, 0.3) is 0 Å². The van der Waals surface area contributed by atoms with E-state index in [1.807, 2.05) is 40.7 Å². The molecule has 6 nitrogen and oxygen atoms in total. The summed E-state index contributed by atoms with van der Waals surface area (Å²) in [5, 5.41) is 12.6. The van der Waals surface area contributed by atoms with Gasteiger partial charge in [-0.3, -0.25) is 0 Å². The van der Waals surface area contributed by atoms with Crippen LogP contribution in [0.15, 0.2) is 18.2 Å². The van der Waals surface area contributed by atoms with Crippen molar-refractivity contribution in [3.63, 3.8) is 0 Å². The minimum absolute atomic E-state index is 0.00930. The third-order valence-corrected chi connectivity index (χ3v) is 4.64. The molecule has 2 rings (SSSR count). The number of rotatable bonds is 6. The maximum Gasteiger partial charge on any atom is 0.410 e. The predicted molar refractivity (Wildman–Crippen MR) is 107 cm³/mol. The quantitative estimate of drug-likeness (QED) is 0.775. The molecule has 156 valence electrons. The molecule has 1 aliphatic rings. The maximum absolute atomic E-state index is 14.2. The first kappa shape index (κ1) is 22.3. The molecule has 1 aliphatic heterocycles. The number of nitrogens with zero attached hydrogens (tertiary/aromatic N) is 2. The maximum atomic E-state index is 14.2. The fraction of sp³-hybridized carbons (Fsp3) is 0.619. The summed E-state index contributed by atoms with van der Waals surface area (Å²) >= 11 is 0. The van der Waals surface area contributed by atoms with E-state index < -0.39 is 5.60 Å². The first-order valence-corrected chi connectivity index (χ1v) is 9.77. The van der Waals surface area contributed by atoms with Crippen LogP contribution in [-0.2, 0) is 11.3 Å². The van der Waals surface area contributed by atoms with Crippen molar-refractivity contribution < 1.29 is 19.0 Å². The summed E-state index contributed by atoms with van der Waals surface area (Å²) in [5.41, 5.74) is 1.51. The van der Waals surface area contributed by atoms with E-state index in [0.29, 0.717) is 30.9 Å². The molecule has 0 aromatic carbocycles. The number of hydrogen-bond acceptors (Lipinski definition) is 5. The number of nitrogens with one attached hydrogen (secondary N) is 1. The van der Waals surface area contributed by atoms with Crippen LogP contribution in [0.3, 0.4) is 0 Å². The lowest BCUT2D eigenvalue weighted by Crippen LogP contribution is -2.39. The standard InChI is InChI=1S/C21H32FN3O3/c1-14(2)19(13-26)23-12-18-16(22)6-7-17(24-18)15-8-10-25(11-9-15)20(27)28-21(3,4)5/h6-8,14,19,23,26H,9-13H2,1-5H3. The van der Waals surface area contributed by atoms with E-state index in [-0.39, 0.29) is 37.0 Å². The van der Waals surface area contributed by atoms with Crippen molar-refractivity contribution in [1.82, 2.24) is 15.2 Å². The summed E-state index contributed by atoms with van der Waals surface area (Å²) in [5.74, 6) is -0.139. The van der Waals surface area contributed by atoms with Crippen LogP contribution in [0.25, 0.3) is 5.57 Å². The van der Waals surface area contributed by atoms with Crippen LogP contribution in [0.4, 0.5) is 9.18 Å². The zero-order chi connectivity index (χ0) is 20.9. The largest absolute Gasteiger partial charge is 0.444 e. The number of hydrogen-bond donors (Lipinski definition) is 2. The molecule has 0 saturated heterocycles. The first-order valence-electron chi connectivity index (χ1n) is 9.77. The second-order valence-corrected chi connectivity index (χ2v) is 8.44. The summed E-state index contributed by atoms with van der Waals surface area (Å²) in [6.45, 7) is 10.7. The Morgan fingerprint density at radius 3 is 2.64 bits per heavy atom. The highest BCUT2D eigenvalue weighted by atomic mass is 19.1. The van der Waals surface area contributed by atoms with Crippen molar-refractivity contribution in [2.45, 2.75) is 59.2 Å². The van der Waals surface area contributed by atoms with Gasteiger partial charge in [-0.2, -0.15) is 0 Å². The van der Waals surface area contributed by atoms with Gasteiger partial charge in [0.2, 0.25) is 0 Å². The number of pyridine rings is 1. The molecule has 2 N–H and O–H groups in total. The van der Waals surface area contributed by atoms with Gasteiger partial charge < -0.3 is 20.1 Å². The fourth-order valence-electron chi connectivity index (χ4n) is 2.92. The zero-order valence-corrected chi connectivity index (χ0v) is 17.5. The summed E-state index contributed by atoms with van der Waals surface area (Å²) in [4.78, 5) is 18.3. The molecule has 0 fully saturated rings. The summed E-state index contributed by atoms with van der Waals surface area (Å²) < 4.78 is 19.6. The average molecular weight is 394 g/mol. The molecule has 0 radical (unpaired) electrons. The number of ether oxygens (including phenoxy) is 1. The van der Waals surface area contributed by atoms with E-state index in [1.54, 1.807) is 11.0 Å². The molecule has 0 saturated carbocycles. The summed E-state index contributed by atoms with van der Waals surface area (Å²) in [6, 6.07) is 2.98. The van der Waals surface area contributed by atoms with Crippen molar-refractivity contribution in [3.8, 4) is 0 Å². The number of aromatic nitrogens is 1. The van der Waals surface area contributed by atoms with E-state index >= 15 is 0 Å². The smallest absolute Gasteiger partial charge is 0.410 e. The van der Waals surface area contributed by atoms with Crippen molar-refractivity contribution in [1.29, 1.82) is 0 Å². The lowest BCUT2D eigenvalue weighted by molar-refractivity contribution is 0.0270. The summed E-state index contributed by atoms with van der Waals surface area (Å²) in [7, 11) is 0. The van der Waals surface area contributed by atoms with Crippen LogP contribution < -0.4 is 5.32 Å². The summed E-state index contributed by atoms with van der Waals surface area (Å²) in [6.07, 6.45) is 2.24. The van der Waals surface area contributed by atoms with Gasteiger partial charge in [0, 0.05) is 25.7 Å². The van der Waals surface area contributed by atoms with Crippen LogP contribution in [0, 0.1) is 11.7 Å². The lowest BCUT2D eigenvalue weighted by atomic mass is 10.0. The van der Waals surface area contributed by atoms with Gasteiger partial charge in [-0.1, -0.05) is 19.9 Å². The number of carbonyl (C=O) groups excluding carboxylic acids is 1. The highest BCUT2D eigenvalue weighted by Crippen LogP contribution is 2.23. The van der Waals surface area contributed by atoms with Gasteiger partial charge in [0.05, 0.1) is 18.0 Å². The SMILES string of the molecule is CC(C)C(CO)NCc1nc(C2=CCN(C(=O)OC(C)(C)C)CC2)ccc1F. The fourth-order valence-corrected chi connectivity index (χ4v) is 2.92. The zero-order valence-electron chi connectivity index (χ0n) is 17.5. The minimum Gasteiger partial charge on any atom is -0.444 e. The molecule has 0 bridgehead atoms. The predicted octanol–water partition coefficient (Wildman–Crippen LogP) is 3.35. The Hall–Kier alpha value is -1.99. The van der Waals surface area contributed by atoms with Gasteiger partial charge in [-0.25, -0.2) is 14.2 Å². The Kier molecular flexibility index (Phi) is 7.55. The number of aliphatic hydroxyl groups excluding tert-OH is 1. The van der Waals surface area contributed by atoms with Crippen LogP contribution in [0.5, 0.6) is 0 Å². The number of amides is 1. The van der Waals surface area contributed by atoms with E-state index in [9.17, 15) is 14.3 Å². The van der Waals surface area contributed by atoms with Gasteiger partial charge in [-0.15, -0.1) is 0 Å². The molecule has 1 aromatic heterocycles. The highest BCUT2D eigenvalue weighted by molar-refractivity contribution is 5.71. The van der Waals surface area contributed by atoms with E-state index in [0.717, 1.165) is 5.57 Å². The van der Waals surface area contributed by atoms with Crippen LogP contribution in [-0.4, -0.2) is 52.4 Å². The Balaban J connectivity index is 2.05. The monoisotopic (exact) mass is 393 g/mol. The number of carbonyl (C=O) groups is 1. The molecule has 7 heteroatoms. The molecule has 1 aromatic rings. The van der Waals surface area contributed by atoms with Gasteiger partial charge >= 0.3 is 6.09 Å². The topological polar surface area (TPSA) is 74.7 Å². The second kappa shape index (κ2) is 9.47. The minimum atomic E-state index is -0.524. The molecule has 1 amide bonds. The third-order valence-electron chi connectivity index (χ3n) is 4.64. The first-order chi connectivity index (χ1) is 13.1. The second-order valence-electron chi connectivity index (χ2n) is 8.44. The van der Waals surface area contributed by atoms with Crippen LogP contribution >= 0.6 is 0 Å². The Morgan fingerprint density at radius 2 is 2.11 bits per heavy atom. The van der Waals surface area contributed by atoms with Crippen LogP contribution in [0.2, 0.25) is 0 Å². The van der Waals surface area contributed by atoms with E-state index in [4.69, 9.17) is 4.74 Å². The Bertz CT molecular complexity index is 713. The molecule has 0 spiro atoms. The molecular formula is C21H32FN3O3. The normalized spacial score (nSPS) is 16.1. The molecule has 0 aliphatic carbocycles. The Labute approximate surface area is 166 Å². The average Bonchev–Trinajstić information content (AvgIpc) is 2.62. The highest BCUT2D eigenvalue weighted by Gasteiger charge is 2.24. The molecule has 2 heterocycles. The van der Waals surface area contributed by atoms with E-state index in [1.165, 1.54) is 6.07 Å². The molecule has 1 atom stereocenters. The molecular weight excluding hydrogens is 361 g/mol. The molecule has 1 unspecified atom stereocenters. The van der Waals surface area contributed by atoms with Crippen molar-refractivity contribution in [2.24, 2.45) is 5.92 Å². The van der Waals surface area contributed by atoms with Gasteiger partial charge in [0.1, 0.15) is 11.4 Å². The third kappa shape index (κ3) is 6.27. The number of aliphatic hydroxyl groups is 1. The number of halogens is 1. The van der Waals surface area contributed by atoms with Crippen molar-refractivity contribution in [2.75, 3.05) is 19.7 Å². The van der Waals surface area contributed by atoms with Gasteiger partial charge in [0.15, 0.2) is 0 Å². The van der Waals surface area contributed by atoms with Crippen molar-refractivity contribution in [3.05, 3.63) is 35.4 Å².